The molecule has 1 fully saturated rings. The fourth-order valence-electron chi connectivity index (χ4n) is 1.00. The predicted molar refractivity (Wildman–Crippen MR) is 34.2 cm³/mol. The molecule has 0 N–H and O–H groups in total. The zero-order chi connectivity index (χ0) is 6.85. The van der Waals surface area contributed by atoms with Crippen molar-refractivity contribution in [3.05, 3.63) is 0 Å². The number of hydrogen-bond acceptors (Lipinski definition) is 2. The minimum Gasteiger partial charge on any atom is -0.369 e. The van der Waals surface area contributed by atoms with Crippen LogP contribution in [0.5, 0.6) is 0 Å². The molecular formula is C7H12O2. The van der Waals surface area contributed by atoms with E-state index in [-0.39, 0.29) is 11.9 Å². The van der Waals surface area contributed by atoms with Crippen molar-refractivity contribution in [2.24, 2.45) is 0 Å². The van der Waals surface area contributed by atoms with Crippen LogP contribution in [0, 0.1) is 0 Å². The Morgan fingerprint density at radius 1 is 1.56 bits per heavy atom. The van der Waals surface area contributed by atoms with Gasteiger partial charge in [0.05, 0.1) is 12.2 Å². The van der Waals surface area contributed by atoms with Gasteiger partial charge in [-0.05, 0) is 13.3 Å². The number of epoxide rings is 1. The highest BCUT2D eigenvalue weighted by atomic mass is 16.6. The summed E-state index contributed by atoms with van der Waals surface area (Å²) in [6, 6.07) is 0. The van der Waals surface area contributed by atoms with E-state index < -0.39 is 0 Å². The van der Waals surface area contributed by atoms with E-state index in [1.807, 2.05) is 0 Å². The molecule has 1 heterocycles. The van der Waals surface area contributed by atoms with E-state index in [1.54, 1.807) is 6.92 Å². The summed E-state index contributed by atoms with van der Waals surface area (Å²) in [7, 11) is 0. The monoisotopic (exact) mass is 128 g/mol. The summed E-state index contributed by atoms with van der Waals surface area (Å²) in [4.78, 5) is 10.5. The molecule has 0 saturated carbocycles. The number of rotatable bonds is 3. The Morgan fingerprint density at radius 3 is 2.56 bits per heavy atom. The standard InChI is InChI=1S/C7H12O2/c1-3-6-7(9-6)4-5(2)8/h6-7H,3-4H2,1-2H3/t6-,7+/m1/s1. The van der Waals surface area contributed by atoms with E-state index >= 15 is 0 Å². The third kappa shape index (κ3) is 1.79. The van der Waals surface area contributed by atoms with Crippen molar-refractivity contribution in [2.45, 2.75) is 38.9 Å². The molecule has 0 spiro atoms. The van der Waals surface area contributed by atoms with Crippen LogP contribution in [0.1, 0.15) is 26.7 Å². The molecule has 0 aromatic rings. The average molecular weight is 128 g/mol. The molecule has 0 radical (unpaired) electrons. The quantitative estimate of drug-likeness (QED) is 0.533. The Morgan fingerprint density at radius 2 is 2.22 bits per heavy atom. The van der Waals surface area contributed by atoms with Gasteiger partial charge in [-0.15, -0.1) is 0 Å². The van der Waals surface area contributed by atoms with Gasteiger partial charge in [0.15, 0.2) is 0 Å². The fraction of sp³-hybridized carbons (Fsp3) is 0.857. The number of carbonyl (C=O) groups is 1. The van der Waals surface area contributed by atoms with Gasteiger partial charge in [-0.1, -0.05) is 6.92 Å². The lowest BCUT2D eigenvalue weighted by atomic mass is 10.2. The topological polar surface area (TPSA) is 29.6 Å². The van der Waals surface area contributed by atoms with Crippen LogP contribution in [-0.4, -0.2) is 18.0 Å². The number of ketones is 1. The van der Waals surface area contributed by atoms with Gasteiger partial charge in [-0.25, -0.2) is 0 Å². The van der Waals surface area contributed by atoms with Gasteiger partial charge in [0.2, 0.25) is 0 Å². The molecule has 0 bridgehead atoms. The van der Waals surface area contributed by atoms with Crippen molar-refractivity contribution in [1.82, 2.24) is 0 Å². The number of carbonyl (C=O) groups excluding carboxylic acids is 1. The van der Waals surface area contributed by atoms with E-state index in [0.29, 0.717) is 12.5 Å². The lowest BCUT2D eigenvalue weighted by Crippen LogP contribution is -1.99. The summed E-state index contributed by atoms with van der Waals surface area (Å²) in [6.07, 6.45) is 2.29. The normalized spacial score (nSPS) is 32.2. The van der Waals surface area contributed by atoms with Gasteiger partial charge in [0.1, 0.15) is 5.78 Å². The molecular weight excluding hydrogens is 116 g/mol. The molecule has 2 nitrogen and oxygen atoms in total. The second kappa shape index (κ2) is 2.48. The first-order chi connectivity index (χ1) is 4.24. The predicted octanol–water partition coefficient (Wildman–Crippen LogP) is 1.14. The van der Waals surface area contributed by atoms with E-state index in [0.717, 1.165) is 6.42 Å². The van der Waals surface area contributed by atoms with Crippen LogP contribution < -0.4 is 0 Å². The van der Waals surface area contributed by atoms with E-state index in [9.17, 15) is 4.79 Å². The maximum absolute atomic E-state index is 10.5. The highest BCUT2D eigenvalue weighted by Crippen LogP contribution is 2.27. The SMILES string of the molecule is CC[C@H]1O[C@H]1CC(C)=O. The van der Waals surface area contributed by atoms with Crippen LogP contribution in [0.3, 0.4) is 0 Å². The maximum atomic E-state index is 10.5. The molecule has 9 heavy (non-hydrogen) atoms. The molecule has 0 aliphatic carbocycles. The number of hydrogen-bond donors (Lipinski definition) is 0. The lowest BCUT2D eigenvalue weighted by molar-refractivity contribution is -0.117. The molecule has 2 atom stereocenters. The minimum absolute atomic E-state index is 0.232. The highest BCUT2D eigenvalue weighted by Gasteiger charge is 2.37. The van der Waals surface area contributed by atoms with Crippen LogP contribution in [-0.2, 0) is 9.53 Å². The second-order valence-corrected chi connectivity index (χ2v) is 2.53. The number of ether oxygens (including phenoxy) is 1. The van der Waals surface area contributed by atoms with Crippen LogP contribution in [0.4, 0.5) is 0 Å². The molecule has 0 unspecified atom stereocenters. The van der Waals surface area contributed by atoms with Crippen molar-refractivity contribution < 1.29 is 9.53 Å². The Balaban J connectivity index is 2.12. The summed E-state index contributed by atoms with van der Waals surface area (Å²) in [5, 5.41) is 0. The Kier molecular flexibility index (Phi) is 1.86. The average Bonchev–Trinajstić information content (AvgIpc) is 2.45. The Bertz CT molecular complexity index is 120. The summed E-state index contributed by atoms with van der Waals surface area (Å²) in [5.74, 6) is 0.232. The molecule has 1 aliphatic heterocycles. The molecule has 0 aromatic heterocycles. The largest absolute Gasteiger partial charge is 0.369 e. The summed E-state index contributed by atoms with van der Waals surface area (Å²) >= 11 is 0. The van der Waals surface area contributed by atoms with Gasteiger partial charge in [-0.2, -0.15) is 0 Å². The van der Waals surface area contributed by atoms with E-state index in [2.05, 4.69) is 6.92 Å². The van der Waals surface area contributed by atoms with Gasteiger partial charge in [0.25, 0.3) is 0 Å². The third-order valence-corrected chi connectivity index (χ3v) is 1.58. The smallest absolute Gasteiger partial charge is 0.132 e. The van der Waals surface area contributed by atoms with Crippen molar-refractivity contribution in [3.63, 3.8) is 0 Å². The first kappa shape index (κ1) is 6.75. The van der Waals surface area contributed by atoms with Crippen LogP contribution in [0.2, 0.25) is 0 Å². The zero-order valence-corrected chi connectivity index (χ0v) is 5.89. The summed E-state index contributed by atoms with van der Waals surface area (Å²) in [5.41, 5.74) is 0. The highest BCUT2D eigenvalue weighted by molar-refractivity contribution is 5.76. The van der Waals surface area contributed by atoms with Crippen molar-refractivity contribution in [2.75, 3.05) is 0 Å². The Hall–Kier alpha value is -0.370. The molecule has 1 saturated heterocycles. The second-order valence-electron chi connectivity index (χ2n) is 2.53. The van der Waals surface area contributed by atoms with Crippen LogP contribution in [0.25, 0.3) is 0 Å². The molecule has 2 heteroatoms. The third-order valence-electron chi connectivity index (χ3n) is 1.58. The van der Waals surface area contributed by atoms with Crippen LogP contribution in [0.15, 0.2) is 0 Å². The molecule has 0 aromatic carbocycles. The first-order valence-corrected chi connectivity index (χ1v) is 3.39. The summed E-state index contributed by atoms with van der Waals surface area (Å²) in [6.45, 7) is 3.68. The molecule has 1 aliphatic rings. The van der Waals surface area contributed by atoms with Gasteiger partial charge >= 0.3 is 0 Å². The molecule has 1 rings (SSSR count). The van der Waals surface area contributed by atoms with Crippen molar-refractivity contribution in [1.29, 1.82) is 0 Å². The van der Waals surface area contributed by atoms with Gasteiger partial charge in [-0.3, -0.25) is 4.79 Å². The maximum Gasteiger partial charge on any atom is 0.132 e. The molecule has 0 amide bonds. The first-order valence-electron chi connectivity index (χ1n) is 3.39. The van der Waals surface area contributed by atoms with E-state index in [4.69, 9.17) is 4.74 Å². The lowest BCUT2D eigenvalue weighted by Gasteiger charge is -1.84. The minimum atomic E-state index is 0.232. The van der Waals surface area contributed by atoms with Gasteiger partial charge in [0, 0.05) is 6.42 Å². The van der Waals surface area contributed by atoms with Crippen LogP contribution >= 0.6 is 0 Å². The van der Waals surface area contributed by atoms with Gasteiger partial charge < -0.3 is 4.74 Å². The summed E-state index contributed by atoms with van der Waals surface area (Å²) < 4.78 is 5.16. The fourth-order valence-corrected chi connectivity index (χ4v) is 1.00. The van der Waals surface area contributed by atoms with Crippen molar-refractivity contribution >= 4 is 5.78 Å². The van der Waals surface area contributed by atoms with Crippen molar-refractivity contribution in [3.8, 4) is 0 Å². The van der Waals surface area contributed by atoms with E-state index in [1.165, 1.54) is 0 Å². The Labute approximate surface area is 55.2 Å². The zero-order valence-electron chi connectivity index (χ0n) is 5.89. The number of Topliss-reactive ketones (excluding diaryl/α,β-unsaturated/α-hetero) is 1. The molecule has 52 valence electrons.